The molecule has 3 atom stereocenters. The lowest BCUT2D eigenvalue weighted by Crippen LogP contribution is -2.55. The predicted octanol–water partition coefficient (Wildman–Crippen LogP) is 5.06. The number of phenols is 1. The molecule has 3 aromatic carbocycles. The topological polar surface area (TPSA) is 60.8 Å². The molecule has 1 saturated heterocycles. The molecular weight excluding hydrogens is 381 g/mol. The van der Waals surface area contributed by atoms with Crippen LogP contribution in [0.15, 0.2) is 72.8 Å². The highest BCUT2D eigenvalue weighted by atomic mass is 19.1. The number of hydrogen-bond acceptors (Lipinski definition) is 3. The average Bonchev–Trinajstić information content (AvgIpc) is 2.74. The van der Waals surface area contributed by atoms with E-state index < -0.39 is 6.10 Å². The van der Waals surface area contributed by atoms with Crippen LogP contribution in [0.4, 0.5) is 10.1 Å². The van der Waals surface area contributed by atoms with Gasteiger partial charge in [-0.25, -0.2) is 4.39 Å². The highest BCUT2D eigenvalue weighted by Crippen LogP contribution is 2.46. The largest absolute Gasteiger partial charge is 0.508 e. The molecule has 154 valence electrons. The lowest BCUT2D eigenvalue weighted by molar-refractivity contribution is -0.131. The van der Waals surface area contributed by atoms with Crippen molar-refractivity contribution < 1.29 is 19.4 Å². The maximum atomic E-state index is 13.3. The number of halogens is 1. The highest BCUT2D eigenvalue weighted by Gasteiger charge is 2.48. The van der Waals surface area contributed by atoms with Gasteiger partial charge < -0.3 is 15.1 Å². The molecule has 1 aliphatic rings. The van der Waals surface area contributed by atoms with Crippen LogP contribution in [0, 0.1) is 18.7 Å². The van der Waals surface area contributed by atoms with E-state index in [0.29, 0.717) is 18.5 Å². The zero-order valence-corrected chi connectivity index (χ0v) is 16.7. The van der Waals surface area contributed by atoms with Gasteiger partial charge in [0, 0.05) is 5.69 Å². The Morgan fingerprint density at radius 3 is 2.23 bits per heavy atom. The molecule has 3 aromatic rings. The molecule has 5 heteroatoms. The second kappa shape index (κ2) is 8.28. The maximum absolute atomic E-state index is 13.3. The number of aliphatic hydroxyl groups is 1. The second-order valence-electron chi connectivity index (χ2n) is 7.83. The molecule has 1 fully saturated rings. The number of aromatic hydroxyl groups is 1. The van der Waals surface area contributed by atoms with Crippen molar-refractivity contribution in [3.63, 3.8) is 0 Å². The van der Waals surface area contributed by atoms with Crippen LogP contribution in [0.1, 0.15) is 41.7 Å². The van der Waals surface area contributed by atoms with Gasteiger partial charge in [-0.1, -0.05) is 42.0 Å². The number of amides is 1. The number of β-lactam (4-membered cyclic amide) rings is 1. The molecule has 30 heavy (non-hydrogen) atoms. The number of rotatable bonds is 6. The third kappa shape index (κ3) is 3.94. The number of nitrogens with zero attached hydrogens (tertiary/aromatic N) is 1. The van der Waals surface area contributed by atoms with Crippen molar-refractivity contribution in [3.05, 3.63) is 95.3 Å². The van der Waals surface area contributed by atoms with Crippen LogP contribution in [-0.2, 0) is 4.79 Å². The van der Waals surface area contributed by atoms with Gasteiger partial charge in [-0.2, -0.15) is 0 Å². The zero-order valence-electron chi connectivity index (χ0n) is 16.7. The van der Waals surface area contributed by atoms with E-state index in [1.54, 1.807) is 41.3 Å². The lowest BCUT2D eigenvalue weighted by Gasteiger charge is -2.48. The summed E-state index contributed by atoms with van der Waals surface area (Å²) < 4.78 is 13.3. The fourth-order valence-corrected chi connectivity index (χ4v) is 4.07. The molecule has 0 saturated carbocycles. The summed E-state index contributed by atoms with van der Waals surface area (Å²) in [5, 5.41) is 20.2. The smallest absolute Gasteiger partial charge is 0.233 e. The number of hydrogen-bond donors (Lipinski definition) is 2. The molecule has 1 amide bonds. The van der Waals surface area contributed by atoms with Gasteiger partial charge in [0.25, 0.3) is 0 Å². The summed E-state index contributed by atoms with van der Waals surface area (Å²) in [6.07, 6.45) is 0.348. The van der Waals surface area contributed by atoms with Crippen molar-refractivity contribution in [1.29, 1.82) is 0 Å². The summed E-state index contributed by atoms with van der Waals surface area (Å²) in [6, 6.07) is 20.2. The van der Waals surface area contributed by atoms with Crippen molar-refractivity contribution in [1.82, 2.24) is 0 Å². The summed E-state index contributed by atoms with van der Waals surface area (Å²) in [5.41, 5.74) is 3.49. The van der Waals surface area contributed by atoms with Gasteiger partial charge in [0.15, 0.2) is 0 Å². The molecular formula is C25H24FNO3. The Morgan fingerprint density at radius 1 is 0.967 bits per heavy atom. The molecule has 0 spiro atoms. The first-order valence-electron chi connectivity index (χ1n) is 10.1. The van der Waals surface area contributed by atoms with Gasteiger partial charge in [0.2, 0.25) is 5.91 Å². The molecule has 0 aromatic heterocycles. The Balaban J connectivity index is 1.55. The Labute approximate surface area is 175 Å². The number of aryl methyl sites for hydroxylation is 1. The molecule has 1 heterocycles. The van der Waals surface area contributed by atoms with Gasteiger partial charge >= 0.3 is 0 Å². The molecule has 0 aliphatic carbocycles. The fraction of sp³-hybridized carbons (Fsp3) is 0.240. The Hall–Kier alpha value is -3.18. The first-order valence-corrected chi connectivity index (χ1v) is 10.1. The predicted molar refractivity (Wildman–Crippen MR) is 114 cm³/mol. The Morgan fingerprint density at radius 2 is 1.60 bits per heavy atom. The normalized spacial score (nSPS) is 19.4. The van der Waals surface area contributed by atoms with E-state index in [2.05, 4.69) is 0 Å². The van der Waals surface area contributed by atoms with Crippen LogP contribution in [-0.4, -0.2) is 16.1 Å². The average molecular weight is 405 g/mol. The highest BCUT2D eigenvalue weighted by molar-refractivity contribution is 6.03. The first kappa shape index (κ1) is 20.1. The van der Waals surface area contributed by atoms with Gasteiger partial charge in [-0.05, 0) is 67.3 Å². The van der Waals surface area contributed by atoms with Crippen LogP contribution in [0.2, 0.25) is 0 Å². The summed E-state index contributed by atoms with van der Waals surface area (Å²) in [5.74, 6) is -0.537. The summed E-state index contributed by atoms with van der Waals surface area (Å²) in [7, 11) is 0. The van der Waals surface area contributed by atoms with E-state index in [0.717, 1.165) is 16.7 Å². The summed E-state index contributed by atoms with van der Waals surface area (Å²) in [4.78, 5) is 14.7. The monoisotopic (exact) mass is 405 g/mol. The third-order valence-electron chi connectivity index (χ3n) is 5.77. The van der Waals surface area contributed by atoms with Crippen LogP contribution in [0.5, 0.6) is 5.75 Å². The molecule has 1 aliphatic heterocycles. The number of carbonyl (C=O) groups is 1. The van der Waals surface area contributed by atoms with Crippen molar-refractivity contribution in [2.24, 2.45) is 5.92 Å². The minimum Gasteiger partial charge on any atom is -0.508 e. The zero-order chi connectivity index (χ0) is 21.3. The summed E-state index contributed by atoms with van der Waals surface area (Å²) >= 11 is 0. The molecule has 0 radical (unpaired) electrons. The van der Waals surface area contributed by atoms with Crippen LogP contribution < -0.4 is 4.90 Å². The number of carbonyl (C=O) groups excluding carboxylic acids is 1. The van der Waals surface area contributed by atoms with Crippen LogP contribution >= 0.6 is 0 Å². The van der Waals surface area contributed by atoms with Crippen LogP contribution in [0.25, 0.3) is 0 Å². The molecule has 0 bridgehead atoms. The summed E-state index contributed by atoms with van der Waals surface area (Å²) in [6.45, 7) is 2.00. The van der Waals surface area contributed by atoms with E-state index in [9.17, 15) is 19.4 Å². The number of aliphatic hydroxyl groups excluding tert-OH is 1. The van der Waals surface area contributed by atoms with Crippen molar-refractivity contribution in [2.75, 3.05) is 4.90 Å². The van der Waals surface area contributed by atoms with E-state index in [-0.39, 0.29) is 29.4 Å². The minimum absolute atomic E-state index is 0.0456. The van der Waals surface area contributed by atoms with E-state index in [4.69, 9.17) is 0 Å². The standard InChI is InChI=1S/C25H24FNO3/c1-16-2-4-17(5-3-16)23(29)15-14-22-24(18-6-12-21(28)13-7-18)27(25(22)30)20-10-8-19(26)9-11-20/h2-13,22-24,28-29H,14-15H2,1H3. The quantitative estimate of drug-likeness (QED) is 0.564. The number of anilines is 1. The second-order valence-corrected chi connectivity index (χ2v) is 7.83. The number of phenolic OH excluding ortho intramolecular Hbond substituents is 1. The molecule has 4 rings (SSSR count). The Bertz CT molecular complexity index is 1020. The van der Waals surface area contributed by atoms with Crippen LogP contribution in [0.3, 0.4) is 0 Å². The molecule has 4 nitrogen and oxygen atoms in total. The van der Waals surface area contributed by atoms with E-state index >= 15 is 0 Å². The van der Waals surface area contributed by atoms with E-state index in [1.165, 1.54) is 12.1 Å². The Kier molecular flexibility index (Phi) is 5.55. The van der Waals surface area contributed by atoms with Crippen molar-refractivity contribution in [3.8, 4) is 5.75 Å². The molecule has 2 N–H and O–H groups in total. The minimum atomic E-state index is -0.640. The van der Waals surface area contributed by atoms with Gasteiger partial charge in [0.05, 0.1) is 18.1 Å². The fourth-order valence-electron chi connectivity index (χ4n) is 4.07. The van der Waals surface area contributed by atoms with Crippen molar-refractivity contribution in [2.45, 2.75) is 31.9 Å². The maximum Gasteiger partial charge on any atom is 0.233 e. The van der Waals surface area contributed by atoms with Gasteiger partial charge in [-0.15, -0.1) is 0 Å². The van der Waals surface area contributed by atoms with Crippen molar-refractivity contribution >= 4 is 11.6 Å². The van der Waals surface area contributed by atoms with E-state index in [1.807, 2.05) is 31.2 Å². The SMILES string of the molecule is Cc1ccc(C(O)CCC2C(=O)N(c3ccc(F)cc3)C2c2ccc(O)cc2)cc1. The third-order valence-corrected chi connectivity index (χ3v) is 5.77. The number of benzene rings is 3. The van der Waals surface area contributed by atoms with Gasteiger partial charge in [-0.3, -0.25) is 4.79 Å². The molecule has 3 unspecified atom stereocenters. The van der Waals surface area contributed by atoms with Gasteiger partial charge in [0.1, 0.15) is 11.6 Å². The first-order chi connectivity index (χ1) is 14.4. The lowest BCUT2D eigenvalue weighted by atomic mass is 9.78.